The lowest BCUT2D eigenvalue weighted by atomic mass is 10.1. The maximum absolute atomic E-state index is 12.1. The number of hydrogen-bond acceptors (Lipinski definition) is 4. The molecular weight excluding hydrogens is 287 g/mol. The molecule has 0 atom stereocenters. The number of rotatable bonds is 4. The summed E-state index contributed by atoms with van der Waals surface area (Å²) in [4.78, 5) is 11.2. The largest absolute Gasteiger partial charge is 0.573 e. The number of nitrogen functional groups attached to an aromatic ring is 1. The molecule has 8 heteroatoms. The number of carbonyl (C=O) groups excluding carboxylic acids is 1. The fraction of sp³-hybridized carbons (Fsp3) is 0.364. The van der Waals surface area contributed by atoms with Crippen LogP contribution in [0.3, 0.4) is 0 Å². The third-order valence-corrected chi connectivity index (χ3v) is 2.02. The number of halogens is 4. The number of carbonyl (C=O) groups is 1. The lowest BCUT2D eigenvalue weighted by molar-refractivity contribution is -0.274. The zero-order valence-corrected chi connectivity index (χ0v) is 10.8. The molecular formula is C11H13ClF3NO3. The highest BCUT2D eigenvalue weighted by Crippen LogP contribution is 2.30. The van der Waals surface area contributed by atoms with E-state index in [4.69, 9.17) is 5.73 Å². The van der Waals surface area contributed by atoms with Crippen molar-refractivity contribution in [2.75, 3.05) is 12.3 Å². The summed E-state index contributed by atoms with van der Waals surface area (Å²) in [5, 5.41) is 0. The summed E-state index contributed by atoms with van der Waals surface area (Å²) in [6.45, 7) is 1.82. The SMILES string of the molecule is CCOC(=O)Cc1cccc(OC(F)(F)F)c1N.Cl. The molecule has 1 rings (SSSR count). The first-order valence-electron chi connectivity index (χ1n) is 5.12. The third kappa shape index (κ3) is 5.69. The fourth-order valence-corrected chi connectivity index (χ4v) is 1.32. The fourth-order valence-electron chi connectivity index (χ4n) is 1.32. The molecule has 0 spiro atoms. The number of esters is 1. The molecule has 0 fully saturated rings. The van der Waals surface area contributed by atoms with E-state index in [2.05, 4.69) is 9.47 Å². The van der Waals surface area contributed by atoms with Gasteiger partial charge >= 0.3 is 12.3 Å². The van der Waals surface area contributed by atoms with Crippen LogP contribution < -0.4 is 10.5 Å². The van der Waals surface area contributed by atoms with Crippen LogP contribution in [0.5, 0.6) is 5.75 Å². The number of hydrogen-bond donors (Lipinski definition) is 1. The average Bonchev–Trinajstić information content (AvgIpc) is 2.22. The van der Waals surface area contributed by atoms with Crippen LogP contribution >= 0.6 is 12.4 Å². The maximum atomic E-state index is 12.1. The quantitative estimate of drug-likeness (QED) is 0.686. The summed E-state index contributed by atoms with van der Waals surface area (Å²) in [7, 11) is 0. The molecule has 0 bridgehead atoms. The summed E-state index contributed by atoms with van der Waals surface area (Å²) in [6.07, 6.45) is -5.02. The first-order valence-corrected chi connectivity index (χ1v) is 5.12. The lowest BCUT2D eigenvalue weighted by Gasteiger charge is -2.13. The Morgan fingerprint density at radius 1 is 1.37 bits per heavy atom. The van der Waals surface area contributed by atoms with E-state index in [1.165, 1.54) is 12.1 Å². The standard InChI is InChI=1S/C11H12F3NO3.ClH/c1-2-17-9(16)6-7-4-3-5-8(10(7)15)18-11(12,13)14;/h3-5H,2,6,15H2,1H3;1H. The molecule has 0 saturated carbocycles. The van der Waals surface area contributed by atoms with Crippen molar-refractivity contribution in [3.05, 3.63) is 23.8 Å². The van der Waals surface area contributed by atoms with Crippen LogP contribution in [0, 0.1) is 0 Å². The van der Waals surface area contributed by atoms with E-state index in [9.17, 15) is 18.0 Å². The van der Waals surface area contributed by atoms with E-state index in [0.717, 1.165) is 6.07 Å². The Hall–Kier alpha value is -1.63. The summed E-state index contributed by atoms with van der Waals surface area (Å²) in [5.74, 6) is -1.09. The normalized spacial score (nSPS) is 10.5. The summed E-state index contributed by atoms with van der Waals surface area (Å²) in [5.41, 5.74) is 5.51. The highest BCUT2D eigenvalue weighted by molar-refractivity contribution is 5.85. The van der Waals surface area contributed by atoms with Gasteiger partial charge in [-0.2, -0.15) is 0 Å². The first-order chi connectivity index (χ1) is 8.33. The molecule has 0 aliphatic heterocycles. The molecule has 19 heavy (non-hydrogen) atoms. The first kappa shape index (κ1) is 17.4. The van der Waals surface area contributed by atoms with Crippen LogP contribution in [-0.2, 0) is 16.0 Å². The van der Waals surface area contributed by atoms with Crippen molar-refractivity contribution in [1.29, 1.82) is 0 Å². The highest BCUT2D eigenvalue weighted by atomic mass is 35.5. The van der Waals surface area contributed by atoms with Crippen LogP contribution in [0.2, 0.25) is 0 Å². The molecule has 0 saturated heterocycles. The Kier molecular flexibility index (Phi) is 6.47. The minimum Gasteiger partial charge on any atom is -0.466 e. The number of para-hydroxylation sites is 1. The highest BCUT2D eigenvalue weighted by Gasteiger charge is 2.32. The molecule has 0 radical (unpaired) electrons. The van der Waals surface area contributed by atoms with Crippen LogP contribution in [0.25, 0.3) is 0 Å². The summed E-state index contributed by atoms with van der Waals surface area (Å²) in [6, 6.07) is 3.85. The minimum atomic E-state index is -4.82. The summed E-state index contributed by atoms with van der Waals surface area (Å²) < 4.78 is 44.6. The van der Waals surface area contributed by atoms with Gasteiger partial charge < -0.3 is 15.2 Å². The second-order valence-electron chi connectivity index (χ2n) is 3.36. The average molecular weight is 300 g/mol. The Morgan fingerprint density at radius 2 is 2.00 bits per heavy atom. The van der Waals surface area contributed by atoms with Crippen LogP contribution in [0.1, 0.15) is 12.5 Å². The van der Waals surface area contributed by atoms with E-state index < -0.39 is 18.1 Å². The Bertz CT molecular complexity index is 438. The van der Waals surface area contributed by atoms with Crippen molar-refractivity contribution in [3.63, 3.8) is 0 Å². The van der Waals surface area contributed by atoms with Gasteiger partial charge in [-0.1, -0.05) is 12.1 Å². The van der Waals surface area contributed by atoms with E-state index >= 15 is 0 Å². The van der Waals surface area contributed by atoms with Crippen molar-refractivity contribution in [3.8, 4) is 5.75 Å². The Balaban J connectivity index is 0.00000324. The van der Waals surface area contributed by atoms with Gasteiger partial charge in [0.15, 0.2) is 5.75 Å². The molecule has 0 amide bonds. The summed E-state index contributed by atoms with van der Waals surface area (Å²) >= 11 is 0. The Morgan fingerprint density at radius 3 is 2.53 bits per heavy atom. The molecule has 4 nitrogen and oxygen atoms in total. The number of ether oxygens (including phenoxy) is 2. The molecule has 0 heterocycles. The van der Waals surface area contributed by atoms with Gasteiger partial charge in [0.25, 0.3) is 0 Å². The van der Waals surface area contributed by atoms with Gasteiger partial charge in [0.1, 0.15) is 0 Å². The third-order valence-electron chi connectivity index (χ3n) is 2.02. The van der Waals surface area contributed by atoms with Crippen molar-refractivity contribution >= 4 is 24.1 Å². The van der Waals surface area contributed by atoms with E-state index in [0.29, 0.717) is 0 Å². The van der Waals surface area contributed by atoms with Crippen molar-refractivity contribution in [1.82, 2.24) is 0 Å². The second-order valence-corrected chi connectivity index (χ2v) is 3.36. The van der Waals surface area contributed by atoms with Crippen LogP contribution in [-0.4, -0.2) is 18.9 Å². The number of alkyl halides is 3. The van der Waals surface area contributed by atoms with E-state index in [1.807, 2.05) is 0 Å². The minimum absolute atomic E-state index is 0. The Labute approximate surface area is 114 Å². The van der Waals surface area contributed by atoms with E-state index in [-0.39, 0.29) is 36.7 Å². The maximum Gasteiger partial charge on any atom is 0.573 e. The number of benzene rings is 1. The van der Waals surface area contributed by atoms with Gasteiger partial charge in [0, 0.05) is 0 Å². The number of anilines is 1. The lowest BCUT2D eigenvalue weighted by Crippen LogP contribution is -2.18. The van der Waals surface area contributed by atoms with Crippen LogP contribution in [0.4, 0.5) is 18.9 Å². The molecule has 108 valence electrons. The second kappa shape index (κ2) is 7.08. The van der Waals surface area contributed by atoms with Crippen molar-refractivity contribution in [2.24, 2.45) is 0 Å². The van der Waals surface area contributed by atoms with Gasteiger partial charge in [-0.25, -0.2) is 0 Å². The molecule has 1 aromatic rings. The zero-order valence-electron chi connectivity index (χ0n) is 9.99. The molecule has 1 aromatic carbocycles. The molecule has 0 aliphatic carbocycles. The molecule has 0 unspecified atom stereocenters. The molecule has 0 aliphatic rings. The number of nitrogens with two attached hydrogens (primary N) is 1. The van der Waals surface area contributed by atoms with Gasteiger partial charge in [-0.15, -0.1) is 25.6 Å². The van der Waals surface area contributed by atoms with Gasteiger partial charge in [0.05, 0.1) is 18.7 Å². The monoisotopic (exact) mass is 299 g/mol. The zero-order chi connectivity index (χ0) is 13.8. The van der Waals surface area contributed by atoms with Crippen LogP contribution in [0.15, 0.2) is 18.2 Å². The molecule has 2 N–H and O–H groups in total. The van der Waals surface area contributed by atoms with Gasteiger partial charge in [-0.05, 0) is 18.6 Å². The van der Waals surface area contributed by atoms with Crippen molar-refractivity contribution in [2.45, 2.75) is 19.7 Å². The predicted molar refractivity (Wildman–Crippen MR) is 65.1 cm³/mol. The smallest absolute Gasteiger partial charge is 0.466 e. The van der Waals surface area contributed by atoms with Crippen molar-refractivity contribution < 1.29 is 27.4 Å². The van der Waals surface area contributed by atoms with E-state index in [1.54, 1.807) is 6.92 Å². The topological polar surface area (TPSA) is 61.5 Å². The molecule has 0 aromatic heterocycles. The van der Waals surface area contributed by atoms with Gasteiger partial charge in [0.2, 0.25) is 0 Å². The predicted octanol–water partition coefficient (Wildman–Crippen LogP) is 2.69. The van der Waals surface area contributed by atoms with Gasteiger partial charge in [-0.3, -0.25) is 4.79 Å².